The molecule has 2 rings (SSSR count). The molecule has 2 heteroatoms. The first-order chi connectivity index (χ1) is 8.33. The predicted molar refractivity (Wildman–Crippen MR) is 71.4 cm³/mol. The maximum Gasteiger partial charge on any atom is 0.0649 e. The van der Waals surface area contributed by atoms with Crippen LogP contribution in [-0.4, -0.2) is 4.98 Å². The lowest BCUT2D eigenvalue weighted by atomic mass is 10.0. The van der Waals surface area contributed by atoms with E-state index >= 15 is 0 Å². The number of fused-ring (bicyclic) bond motifs is 1. The first-order valence-electron chi connectivity index (χ1n) is 5.85. The van der Waals surface area contributed by atoms with Crippen LogP contribution in [0.25, 0.3) is 10.8 Å². The van der Waals surface area contributed by atoms with Crippen molar-refractivity contribution in [1.82, 2.24) is 4.98 Å². The zero-order valence-corrected chi connectivity index (χ0v) is 9.76. The van der Waals surface area contributed by atoms with Crippen molar-refractivity contribution in [2.45, 2.75) is 25.3 Å². The molecule has 0 spiro atoms. The number of unbranched alkanes of at least 4 members (excludes halogenated alkanes) is 1. The summed E-state index contributed by atoms with van der Waals surface area (Å²) in [6.45, 7) is 0. The summed E-state index contributed by atoms with van der Waals surface area (Å²) in [7, 11) is 0. The molecule has 1 atom stereocenters. The molecule has 2 nitrogen and oxygen atoms in total. The van der Waals surface area contributed by atoms with Gasteiger partial charge in [-0.2, -0.15) is 0 Å². The number of nitrogens with two attached hydrogens (primary N) is 1. The van der Waals surface area contributed by atoms with E-state index in [0.29, 0.717) is 0 Å². The standard InChI is InChI=1S/C15H16N2/c1-2-3-4-9-14(16)15-13-8-6-5-7-12(13)10-11-17-15/h1,5-8,10-11,14H,3-4,9,16H2. The smallest absolute Gasteiger partial charge is 0.0649 e. The normalized spacial score (nSPS) is 12.2. The van der Waals surface area contributed by atoms with E-state index in [2.05, 4.69) is 23.0 Å². The summed E-state index contributed by atoms with van der Waals surface area (Å²) >= 11 is 0. The second kappa shape index (κ2) is 5.47. The number of hydrogen-bond acceptors (Lipinski definition) is 2. The molecule has 1 aromatic carbocycles. The summed E-state index contributed by atoms with van der Waals surface area (Å²) < 4.78 is 0. The molecule has 0 saturated heterocycles. The number of nitrogens with zero attached hydrogens (tertiary/aromatic N) is 1. The van der Waals surface area contributed by atoms with E-state index < -0.39 is 0 Å². The van der Waals surface area contributed by atoms with Crippen LogP contribution in [0.15, 0.2) is 36.5 Å². The van der Waals surface area contributed by atoms with Crippen LogP contribution in [0.5, 0.6) is 0 Å². The first kappa shape index (κ1) is 11.6. The van der Waals surface area contributed by atoms with Crippen molar-refractivity contribution in [2.75, 3.05) is 0 Å². The molecular formula is C15H16N2. The van der Waals surface area contributed by atoms with Gasteiger partial charge in [-0.1, -0.05) is 24.3 Å². The van der Waals surface area contributed by atoms with Crippen LogP contribution >= 0.6 is 0 Å². The van der Waals surface area contributed by atoms with E-state index in [9.17, 15) is 0 Å². The molecule has 0 fully saturated rings. The molecule has 86 valence electrons. The molecule has 0 aliphatic heterocycles. The molecule has 0 bridgehead atoms. The Kier molecular flexibility index (Phi) is 3.74. The van der Waals surface area contributed by atoms with Crippen LogP contribution in [0.2, 0.25) is 0 Å². The second-order valence-electron chi connectivity index (χ2n) is 4.12. The molecule has 2 aromatic rings. The van der Waals surface area contributed by atoms with Gasteiger partial charge in [0.1, 0.15) is 0 Å². The van der Waals surface area contributed by atoms with Crippen molar-refractivity contribution < 1.29 is 0 Å². The van der Waals surface area contributed by atoms with Crippen LogP contribution in [0.3, 0.4) is 0 Å². The monoisotopic (exact) mass is 224 g/mol. The van der Waals surface area contributed by atoms with Gasteiger partial charge in [-0.15, -0.1) is 12.3 Å². The average Bonchev–Trinajstić information content (AvgIpc) is 2.38. The van der Waals surface area contributed by atoms with Gasteiger partial charge in [-0.05, 0) is 24.3 Å². The van der Waals surface area contributed by atoms with Crippen LogP contribution in [0.1, 0.15) is 31.0 Å². The summed E-state index contributed by atoms with van der Waals surface area (Å²) in [5.41, 5.74) is 7.14. The Hall–Kier alpha value is -1.85. The van der Waals surface area contributed by atoms with Crippen LogP contribution in [-0.2, 0) is 0 Å². The predicted octanol–water partition coefficient (Wildman–Crippen LogP) is 3.04. The molecule has 1 unspecified atom stereocenters. The molecule has 1 aromatic heterocycles. The van der Waals surface area contributed by atoms with Crippen molar-refractivity contribution >= 4 is 10.8 Å². The molecule has 1 heterocycles. The Morgan fingerprint density at radius 1 is 1.29 bits per heavy atom. The topological polar surface area (TPSA) is 38.9 Å². The molecule has 0 aliphatic rings. The van der Waals surface area contributed by atoms with Gasteiger partial charge in [0.05, 0.1) is 5.69 Å². The Morgan fingerprint density at radius 3 is 2.94 bits per heavy atom. The lowest BCUT2D eigenvalue weighted by Crippen LogP contribution is -2.12. The van der Waals surface area contributed by atoms with Crippen molar-refractivity contribution in [3.05, 3.63) is 42.2 Å². The molecule has 17 heavy (non-hydrogen) atoms. The zero-order chi connectivity index (χ0) is 12.1. The van der Waals surface area contributed by atoms with Gasteiger partial charge in [-0.25, -0.2) is 0 Å². The number of benzene rings is 1. The number of hydrogen-bond donors (Lipinski definition) is 1. The van der Waals surface area contributed by atoms with E-state index in [4.69, 9.17) is 12.2 Å². The average molecular weight is 224 g/mol. The van der Waals surface area contributed by atoms with E-state index in [1.54, 1.807) is 0 Å². The Bertz CT molecular complexity index is 535. The van der Waals surface area contributed by atoms with Crippen molar-refractivity contribution in [2.24, 2.45) is 5.73 Å². The van der Waals surface area contributed by atoms with Gasteiger partial charge in [0.2, 0.25) is 0 Å². The lowest BCUT2D eigenvalue weighted by Gasteiger charge is -2.12. The maximum absolute atomic E-state index is 6.17. The minimum absolute atomic E-state index is 0.0329. The third-order valence-electron chi connectivity index (χ3n) is 2.89. The van der Waals surface area contributed by atoms with E-state index in [1.807, 2.05) is 24.4 Å². The number of pyridine rings is 1. The molecule has 0 amide bonds. The highest BCUT2D eigenvalue weighted by Gasteiger charge is 2.10. The lowest BCUT2D eigenvalue weighted by molar-refractivity contribution is 0.611. The van der Waals surface area contributed by atoms with Gasteiger partial charge in [0.15, 0.2) is 0 Å². The zero-order valence-electron chi connectivity index (χ0n) is 9.76. The summed E-state index contributed by atoms with van der Waals surface area (Å²) in [4.78, 5) is 4.41. The first-order valence-corrected chi connectivity index (χ1v) is 5.85. The van der Waals surface area contributed by atoms with Crippen LogP contribution in [0, 0.1) is 12.3 Å². The summed E-state index contributed by atoms with van der Waals surface area (Å²) in [5, 5.41) is 2.33. The third kappa shape index (κ3) is 2.64. The third-order valence-corrected chi connectivity index (χ3v) is 2.89. The van der Waals surface area contributed by atoms with Gasteiger partial charge >= 0.3 is 0 Å². The number of rotatable bonds is 4. The van der Waals surface area contributed by atoms with E-state index in [-0.39, 0.29) is 6.04 Å². The highest BCUT2D eigenvalue weighted by atomic mass is 14.8. The fraction of sp³-hybridized carbons (Fsp3) is 0.267. The summed E-state index contributed by atoms with van der Waals surface area (Å²) in [6, 6.07) is 10.2. The molecule has 0 radical (unpaired) electrons. The second-order valence-corrected chi connectivity index (χ2v) is 4.12. The highest BCUT2D eigenvalue weighted by Crippen LogP contribution is 2.23. The summed E-state index contributed by atoms with van der Waals surface area (Å²) in [5.74, 6) is 2.64. The van der Waals surface area contributed by atoms with Crippen molar-refractivity contribution in [3.63, 3.8) is 0 Å². The van der Waals surface area contributed by atoms with Gasteiger partial charge in [0.25, 0.3) is 0 Å². The van der Waals surface area contributed by atoms with Crippen molar-refractivity contribution in [3.8, 4) is 12.3 Å². The fourth-order valence-electron chi connectivity index (χ4n) is 2.00. The van der Waals surface area contributed by atoms with E-state index in [1.165, 1.54) is 5.39 Å². The fourth-order valence-corrected chi connectivity index (χ4v) is 2.00. The Morgan fingerprint density at radius 2 is 2.12 bits per heavy atom. The minimum atomic E-state index is -0.0329. The van der Waals surface area contributed by atoms with E-state index in [0.717, 1.165) is 30.3 Å². The molecular weight excluding hydrogens is 208 g/mol. The van der Waals surface area contributed by atoms with Crippen molar-refractivity contribution in [1.29, 1.82) is 0 Å². The molecule has 2 N–H and O–H groups in total. The highest BCUT2D eigenvalue weighted by molar-refractivity contribution is 5.84. The van der Waals surface area contributed by atoms with Crippen LogP contribution in [0.4, 0.5) is 0 Å². The van der Waals surface area contributed by atoms with Gasteiger partial charge in [-0.3, -0.25) is 4.98 Å². The van der Waals surface area contributed by atoms with Crippen LogP contribution < -0.4 is 5.73 Å². The van der Waals surface area contributed by atoms with Gasteiger partial charge < -0.3 is 5.73 Å². The minimum Gasteiger partial charge on any atom is -0.323 e. The SMILES string of the molecule is C#CCCCC(N)c1nccc2ccccc12. The quantitative estimate of drug-likeness (QED) is 0.640. The Labute approximate surface area is 102 Å². The maximum atomic E-state index is 6.17. The number of aromatic nitrogens is 1. The van der Waals surface area contributed by atoms with Gasteiger partial charge in [0, 0.05) is 24.0 Å². The molecule has 0 saturated carbocycles. The molecule has 0 aliphatic carbocycles. The summed E-state index contributed by atoms with van der Waals surface area (Å²) in [6.07, 6.45) is 9.66. The Balaban J connectivity index is 2.26. The largest absolute Gasteiger partial charge is 0.323 e. The number of terminal acetylenes is 1.